The van der Waals surface area contributed by atoms with E-state index in [4.69, 9.17) is 18.1 Å². The number of nitrogens with one attached hydrogen (secondary N) is 2. The van der Waals surface area contributed by atoms with Gasteiger partial charge in [0.1, 0.15) is 0 Å². The fraction of sp³-hybridized carbons (Fsp3) is 0.222. The Morgan fingerprint density at radius 2 is 2.08 bits per heavy atom. The molecule has 0 heterocycles. The second-order valence-corrected chi connectivity index (χ2v) is 3.25. The Labute approximate surface area is 83.3 Å². The van der Waals surface area contributed by atoms with Crippen LogP contribution in [0.5, 0.6) is 0 Å². The van der Waals surface area contributed by atoms with Crippen molar-refractivity contribution in [3.8, 4) is 0 Å². The standard InChI is InChI=1S/C9H13N3S/c1-6-4-3-5-8(7(6)2)11-9(13)12-10/h3-5H,10H2,1-2H3,(H2,11,12,13). The summed E-state index contributed by atoms with van der Waals surface area (Å²) in [6, 6.07) is 6.00. The molecule has 0 aliphatic carbocycles. The van der Waals surface area contributed by atoms with E-state index in [0.717, 1.165) is 5.69 Å². The lowest BCUT2D eigenvalue weighted by molar-refractivity contribution is 1.04. The number of aryl methyl sites for hydroxylation is 1. The molecule has 0 unspecified atom stereocenters. The maximum absolute atomic E-state index is 5.15. The van der Waals surface area contributed by atoms with Crippen LogP contribution < -0.4 is 16.6 Å². The van der Waals surface area contributed by atoms with Gasteiger partial charge in [0, 0.05) is 5.69 Å². The molecule has 4 N–H and O–H groups in total. The Morgan fingerprint density at radius 1 is 1.38 bits per heavy atom. The maximum Gasteiger partial charge on any atom is 0.185 e. The molecule has 0 amide bonds. The molecule has 3 nitrogen and oxygen atoms in total. The highest BCUT2D eigenvalue weighted by Crippen LogP contribution is 2.17. The van der Waals surface area contributed by atoms with Crippen LogP contribution in [0.2, 0.25) is 0 Å². The predicted molar refractivity (Wildman–Crippen MR) is 59.5 cm³/mol. The van der Waals surface area contributed by atoms with Crippen molar-refractivity contribution in [3.05, 3.63) is 29.3 Å². The first-order valence-corrected chi connectivity index (χ1v) is 4.40. The zero-order chi connectivity index (χ0) is 9.84. The largest absolute Gasteiger partial charge is 0.331 e. The predicted octanol–water partition coefficient (Wildman–Crippen LogP) is 1.46. The molecule has 0 saturated carbocycles. The van der Waals surface area contributed by atoms with Gasteiger partial charge in [-0.15, -0.1) is 0 Å². The van der Waals surface area contributed by atoms with Crippen molar-refractivity contribution < 1.29 is 0 Å². The molecular formula is C9H13N3S. The first kappa shape index (κ1) is 9.95. The van der Waals surface area contributed by atoms with Gasteiger partial charge in [-0.25, -0.2) is 5.84 Å². The van der Waals surface area contributed by atoms with Gasteiger partial charge in [-0.1, -0.05) is 12.1 Å². The molecule has 0 atom stereocenters. The van der Waals surface area contributed by atoms with E-state index < -0.39 is 0 Å². The third kappa shape index (κ3) is 2.40. The van der Waals surface area contributed by atoms with Crippen molar-refractivity contribution in [2.24, 2.45) is 5.84 Å². The molecule has 0 radical (unpaired) electrons. The van der Waals surface area contributed by atoms with Crippen LogP contribution in [0.3, 0.4) is 0 Å². The molecule has 0 spiro atoms. The summed E-state index contributed by atoms with van der Waals surface area (Å²) < 4.78 is 0. The topological polar surface area (TPSA) is 50.1 Å². The Balaban J connectivity index is 2.89. The third-order valence-corrected chi connectivity index (χ3v) is 2.20. The van der Waals surface area contributed by atoms with E-state index in [1.54, 1.807) is 0 Å². The van der Waals surface area contributed by atoms with Crippen molar-refractivity contribution in [3.63, 3.8) is 0 Å². The summed E-state index contributed by atoms with van der Waals surface area (Å²) in [7, 11) is 0. The number of anilines is 1. The Bertz CT molecular complexity index is 323. The second-order valence-electron chi connectivity index (χ2n) is 2.85. The summed E-state index contributed by atoms with van der Waals surface area (Å²) >= 11 is 4.89. The molecule has 0 aromatic heterocycles. The van der Waals surface area contributed by atoms with E-state index in [1.807, 2.05) is 19.1 Å². The third-order valence-electron chi connectivity index (χ3n) is 1.98. The minimum absolute atomic E-state index is 0.425. The van der Waals surface area contributed by atoms with E-state index >= 15 is 0 Å². The SMILES string of the molecule is Cc1cccc(NC(=S)NN)c1C. The minimum Gasteiger partial charge on any atom is -0.331 e. The first-order valence-electron chi connectivity index (χ1n) is 3.99. The van der Waals surface area contributed by atoms with Crippen molar-refractivity contribution in [2.45, 2.75) is 13.8 Å². The fourth-order valence-electron chi connectivity index (χ4n) is 1.04. The molecule has 0 aliphatic rings. The molecule has 1 aromatic rings. The number of hydrogen-bond acceptors (Lipinski definition) is 2. The highest BCUT2D eigenvalue weighted by Gasteiger charge is 2.00. The molecular weight excluding hydrogens is 182 g/mol. The van der Waals surface area contributed by atoms with E-state index in [9.17, 15) is 0 Å². The second kappa shape index (κ2) is 4.20. The summed E-state index contributed by atoms with van der Waals surface area (Å²) in [5, 5.41) is 3.42. The van der Waals surface area contributed by atoms with Crippen LogP contribution in [0.15, 0.2) is 18.2 Å². The van der Waals surface area contributed by atoms with Gasteiger partial charge in [0.15, 0.2) is 5.11 Å². The number of hydrogen-bond donors (Lipinski definition) is 3. The van der Waals surface area contributed by atoms with Crippen LogP contribution in [0.25, 0.3) is 0 Å². The number of thiocarbonyl (C=S) groups is 1. The highest BCUT2D eigenvalue weighted by molar-refractivity contribution is 7.80. The molecule has 0 fully saturated rings. The molecule has 0 saturated heterocycles. The zero-order valence-electron chi connectivity index (χ0n) is 7.72. The van der Waals surface area contributed by atoms with E-state index in [-0.39, 0.29) is 0 Å². The smallest absolute Gasteiger partial charge is 0.185 e. The Kier molecular flexibility index (Phi) is 3.22. The van der Waals surface area contributed by atoms with Crippen LogP contribution in [0, 0.1) is 13.8 Å². The van der Waals surface area contributed by atoms with E-state index in [0.29, 0.717) is 5.11 Å². The quantitative estimate of drug-likeness (QED) is 0.361. The average molecular weight is 195 g/mol. The molecule has 4 heteroatoms. The summed E-state index contributed by atoms with van der Waals surface area (Å²) in [6.45, 7) is 4.09. The Morgan fingerprint density at radius 3 is 2.69 bits per heavy atom. The van der Waals surface area contributed by atoms with Crippen LogP contribution in [-0.4, -0.2) is 5.11 Å². The van der Waals surface area contributed by atoms with Gasteiger partial charge in [-0.2, -0.15) is 0 Å². The Hall–Kier alpha value is -1.13. The van der Waals surface area contributed by atoms with Gasteiger partial charge >= 0.3 is 0 Å². The highest BCUT2D eigenvalue weighted by atomic mass is 32.1. The molecule has 1 rings (SSSR count). The van der Waals surface area contributed by atoms with Gasteiger partial charge < -0.3 is 10.7 Å². The summed E-state index contributed by atoms with van der Waals surface area (Å²) in [4.78, 5) is 0. The number of rotatable bonds is 1. The lowest BCUT2D eigenvalue weighted by Crippen LogP contribution is -2.34. The number of nitrogens with two attached hydrogens (primary N) is 1. The van der Waals surface area contributed by atoms with Gasteiger partial charge in [-0.3, -0.25) is 0 Å². The summed E-state index contributed by atoms with van der Waals surface area (Å²) in [5.74, 6) is 5.15. The van der Waals surface area contributed by atoms with Crippen LogP contribution in [0.4, 0.5) is 5.69 Å². The fourth-order valence-corrected chi connectivity index (χ4v) is 1.15. The van der Waals surface area contributed by atoms with Gasteiger partial charge in [0.05, 0.1) is 0 Å². The van der Waals surface area contributed by atoms with Gasteiger partial charge in [0.2, 0.25) is 0 Å². The first-order chi connectivity index (χ1) is 6.15. The molecule has 0 bridgehead atoms. The molecule has 13 heavy (non-hydrogen) atoms. The molecule has 1 aromatic carbocycles. The monoisotopic (exact) mass is 195 g/mol. The zero-order valence-corrected chi connectivity index (χ0v) is 8.53. The summed E-state index contributed by atoms with van der Waals surface area (Å²) in [5.41, 5.74) is 5.78. The van der Waals surface area contributed by atoms with E-state index in [2.05, 4.69) is 23.7 Å². The summed E-state index contributed by atoms with van der Waals surface area (Å²) in [6.07, 6.45) is 0. The molecule has 70 valence electrons. The van der Waals surface area contributed by atoms with Crippen molar-refractivity contribution >= 4 is 23.0 Å². The van der Waals surface area contributed by atoms with Crippen molar-refractivity contribution in [2.75, 3.05) is 5.32 Å². The van der Waals surface area contributed by atoms with E-state index in [1.165, 1.54) is 11.1 Å². The van der Waals surface area contributed by atoms with Crippen LogP contribution in [0.1, 0.15) is 11.1 Å². The number of benzene rings is 1. The molecule has 0 aliphatic heterocycles. The normalized spacial score (nSPS) is 9.46. The average Bonchev–Trinajstić information content (AvgIpc) is 2.13. The van der Waals surface area contributed by atoms with Crippen LogP contribution >= 0.6 is 12.2 Å². The van der Waals surface area contributed by atoms with Crippen molar-refractivity contribution in [1.82, 2.24) is 5.43 Å². The van der Waals surface area contributed by atoms with Crippen molar-refractivity contribution in [1.29, 1.82) is 0 Å². The minimum atomic E-state index is 0.425. The van der Waals surface area contributed by atoms with Gasteiger partial charge in [0.25, 0.3) is 0 Å². The lowest BCUT2D eigenvalue weighted by Gasteiger charge is -2.11. The number of hydrazine groups is 1. The van der Waals surface area contributed by atoms with Gasteiger partial charge in [-0.05, 0) is 43.3 Å². The lowest BCUT2D eigenvalue weighted by atomic mass is 10.1. The maximum atomic E-state index is 5.15. The van der Waals surface area contributed by atoms with Crippen LogP contribution in [-0.2, 0) is 0 Å².